The normalized spacial score (nSPS) is 12.7. The van der Waals surface area contributed by atoms with Crippen LogP contribution in [0, 0.1) is 0 Å². The van der Waals surface area contributed by atoms with Crippen LogP contribution in [-0.2, 0) is 20.8 Å². The van der Waals surface area contributed by atoms with Crippen molar-refractivity contribution >= 4 is 23.8 Å². The molecule has 5 N–H and O–H groups in total. The first-order chi connectivity index (χ1) is 12.7. The molecule has 1 rings (SSSR count). The Balaban J connectivity index is 2.71. The van der Waals surface area contributed by atoms with Gasteiger partial charge >= 0.3 is 6.03 Å². The molecule has 0 saturated carbocycles. The summed E-state index contributed by atoms with van der Waals surface area (Å²) in [5.41, 5.74) is 6.04. The van der Waals surface area contributed by atoms with Gasteiger partial charge in [-0.15, -0.1) is 0 Å². The molecule has 0 aliphatic heterocycles. The number of hydrogen-bond acceptors (Lipinski definition) is 5. The molecule has 0 fully saturated rings. The number of rotatable bonds is 9. The summed E-state index contributed by atoms with van der Waals surface area (Å²) in [5, 5.41) is 7.05. The van der Waals surface area contributed by atoms with Gasteiger partial charge in [0, 0.05) is 13.5 Å². The van der Waals surface area contributed by atoms with Gasteiger partial charge < -0.3 is 16.4 Å². The third-order valence-electron chi connectivity index (χ3n) is 3.98. The number of carbonyl (C=O) groups is 4. The first kappa shape index (κ1) is 22.1. The van der Waals surface area contributed by atoms with Crippen LogP contribution in [0.4, 0.5) is 4.79 Å². The van der Waals surface area contributed by atoms with Crippen molar-refractivity contribution < 1.29 is 19.2 Å². The van der Waals surface area contributed by atoms with Crippen LogP contribution >= 0.6 is 0 Å². The molecule has 0 saturated heterocycles. The lowest BCUT2D eigenvalue weighted by Crippen LogP contribution is -2.54. The average Bonchev–Trinajstić information content (AvgIpc) is 2.62. The summed E-state index contributed by atoms with van der Waals surface area (Å²) >= 11 is 0. The first-order valence-corrected chi connectivity index (χ1v) is 8.56. The number of imide groups is 1. The van der Waals surface area contributed by atoms with Crippen molar-refractivity contribution in [1.82, 2.24) is 20.9 Å². The molecule has 0 aromatic heterocycles. The Kier molecular flexibility index (Phi) is 8.94. The van der Waals surface area contributed by atoms with E-state index in [2.05, 4.69) is 16.0 Å². The molecule has 0 bridgehead atoms. The van der Waals surface area contributed by atoms with Crippen molar-refractivity contribution in [2.24, 2.45) is 5.73 Å². The van der Waals surface area contributed by atoms with Crippen molar-refractivity contribution in [2.45, 2.75) is 31.3 Å². The lowest BCUT2D eigenvalue weighted by molar-refractivity contribution is -0.125. The van der Waals surface area contributed by atoms with Crippen LogP contribution < -0.4 is 21.7 Å². The molecule has 0 radical (unpaired) electrons. The molecule has 148 valence electrons. The number of amides is 5. The SMILES string of the molecule is CNC(=O)[C@H](CCC(N)=O)NC(=O)NC(=O)[C@H](Cc1ccccc1)N(C)C. The number of likely N-dealkylation sites (N-methyl/N-ethyl adjacent to an activating group) is 2. The van der Waals surface area contributed by atoms with Gasteiger partial charge in [0.1, 0.15) is 6.04 Å². The highest BCUT2D eigenvalue weighted by molar-refractivity contribution is 5.98. The van der Waals surface area contributed by atoms with Gasteiger partial charge in [-0.2, -0.15) is 0 Å². The smallest absolute Gasteiger partial charge is 0.322 e. The second-order valence-corrected chi connectivity index (χ2v) is 6.30. The van der Waals surface area contributed by atoms with Gasteiger partial charge in [-0.25, -0.2) is 4.79 Å². The number of nitrogens with zero attached hydrogens (tertiary/aromatic N) is 1. The highest BCUT2D eigenvalue weighted by atomic mass is 16.2. The second kappa shape index (κ2) is 10.9. The van der Waals surface area contributed by atoms with Crippen molar-refractivity contribution in [1.29, 1.82) is 0 Å². The minimum atomic E-state index is -0.970. The molecule has 27 heavy (non-hydrogen) atoms. The number of benzene rings is 1. The molecule has 9 heteroatoms. The van der Waals surface area contributed by atoms with Crippen LogP contribution in [0.25, 0.3) is 0 Å². The summed E-state index contributed by atoms with van der Waals surface area (Å²) in [6.45, 7) is 0. The van der Waals surface area contributed by atoms with Crippen LogP contribution in [0.15, 0.2) is 30.3 Å². The van der Waals surface area contributed by atoms with E-state index >= 15 is 0 Å². The Labute approximate surface area is 158 Å². The van der Waals surface area contributed by atoms with Crippen molar-refractivity contribution in [2.75, 3.05) is 21.1 Å². The van der Waals surface area contributed by atoms with Crippen LogP contribution in [0.1, 0.15) is 18.4 Å². The standard InChI is InChI=1S/C18H27N5O4/c1-20-16(25)13(9-10-15(19)24)21-18(27)22-17(26)14(23(2)3)11-12-7-5-4-6-8-12/h4-8,13-14H,9-11H2,1-3H3,(H2,19,24)(H,20,25)(H2,21,22,26,27)/t13-,14-/m0/s1. The lowest BCUT2D eigenvalue weighted by atomic mass is 10.0. The molecular weight excluding hydrogens is 350 g/mol. The Morgan fingerprint density at radius 2 is 1.70 bits per heavy atom. The molecule has 0 heterocycles. The van der Waals surface area contributed by atoms with E-state index in [1.165, 1.54) is 7.05 Å². The summed E-state index contributed by atoms with van der Waals surface area (Å²) in [7, 11) is 4.89. The molecular formula is C18H27N5O4. The van der Waals surface area contributed by atoms with E-state index in [1.54, 1.807) is 19.0 Å². The van der Waals surface area contributed by atoms with Gasteiger partial charge in [-0.1, -0.05) is 30.3 Å². The number of nitrogens with two attached hydrogens (primary N) is 1. The Morgan fingerprint density at radius 1 is 1.07 bits per heavy atom. The summed E-state index contributed by atoms with van der Waals surface area (Å²) in [6.07, 6.45) is 0.395. The maximum atomic E-state index is 12.5. The van der Waals surface area contributed by atoms with E-state index < -0.39 is 35.8 Å². The van der Waals surface area contributed by atoms with E-state index in [1.807, 2.05) is 30.3 Å². The van der Waals surface area contributed by atoms with Crippen LogP contribution in [0.3, 0.4) is 0 Å². The van der Waals surface area contributed by atoms with Gasteiger partial charge in [-0.3, -0.25) is 24.6 Å². The fourth-order valence-corrected chi connectivity index (χ4v) is 2.47. The molecule has 5 amide bonds. The number of nitrogens with one attached hydrogen (secondary N) is 3. The fraction of sp³-hybridized carbons (Fsp3) is 0.444. The lowest BCUT2D eigenvalue weighted by Gasteiger charge is -2.24. The van der Waals surface area contributed by atoms with Gasteiger partial charge in [0.05, 0.1) is 6.04 Å². The zero-order valence-corrected chi connectivity index (χ0v) is 15.8. The molecule has 9 nitrogen and oxygen atoms in total. The molecule has 1 aromatic carbocycles. The zero-order valence-electron chi connectivity index (χ0n) is 15.8. The molecule has 0 spiro atoms. The van der Waals surface area contributed by atoms with Crippen molar-refractivity contribution in [3.63, 3.8) is 0 Å². The molecule has 1 aromatic rings. The summed E-state index contributed by atoms with van der Waals surface area (Å²) in [4.78, 5) is 49.1. The number of hydrogen-bond donors (Lipinski definition) is 4. The zero-order chi connectivity index (χ0) is 20.4. The Bertz CT molecular complexity index is 663. The van der Waals surface area contributed by atoms with E-state index in [-0.39, 0.29) is 12.8 Å². The van der Waals surface area contributed by atoms with Crippen LogP contribution in [-0.4, -0.2) is 61.9 Å². The Morgan fingerprint density at radius 3 is 2.22 bits per heavy atom. The van der Waals surface area contributed by atoms with E-state index in [0.29, 0.717) is 6.42 Å². The second-order valence-electron chi connectivity index (χ2n) is 6.30. The van der Waals surface area contributed by atoms with Crippen LogP contribution in [0.2, 0.25) is 0 Å². The van der Waals surface area contributed by atoms with Crippen molar-refractivity contribution in [3.8, 4) is 0 Å². The predicted octanol–water partition coefficient (Wildman–Crippen LogP) is -0.635. The first-order valence-electron chi connectivity index (χ1n) is 8.56. The maximum Gasteiger partial charge on any atom is 0.322 e. The number of primary amides is 1. The quantitative estimate of drug-likeness (QED) is 0.454. The summed E-state index contributed by atoms with van der Waals surface area (Å²) in [6, 6.07) is 7.08. The largest absolute Gasteiger partial charge is 0.370 e. The molecule has 2 atom stereocenters. The van der Waals surface area contributed by atoms with Crippen LogP contribution in [0.5, 0.6) is 0 Å². The summed E-state index contributed by atoms with van der Waals surface area (Å²) < 4.78 is 0. The third kappa shape index (κ3) is 7.87. The number of urea groups is 1. The highest BCUT2D eigenvalue weighted by Crippen LogP contribution is 2.07. The van der Waals surface area contributed by atoms with E-state index in [4.69, 9.17) is 5.73 Å². The molecule has 0 aliphatic rings. The van der Waals surface area contributed by atoms with Gasteiger partial charge in [0.25, 0.3) is 0 Å². The van der Waals surface area contributed by atoms with Crippen molar-refractivity contribution in [3.05, 3.63) is 35.9 Å². The topological polar surface area (TPSA) is 134 Å². The van der Waals surface area contributed by atoms with E-state index in [9.17, 15) is 19.2 Å². The van der Waals surface area contributed by atoms with Gasteiger partial charge in [0.15, 0.2) is 0 Å². The summed E-state index contributed by atoms with van der Waals surface area (Å²) in [5.74, 6) is -1.56. The molecule has 0 unspecified atom stereocenters. The van der Waals surface area contributed by atoms with Gasteiger partial charge in [-0.05, 0) is 32.5 Å². The Hall–Kier alpha value is -2.94. The molecule has 0 aliphatic carbocycles. The van der Waals surface area contributed by atoms with Gasteiger partial charge in [0.2, 0.25) is 17.7 Å². The minimum Gasteiger partial charge on any atom is -0.370 e. The number of carbonyl (C=O) groups excluding carboxylic acids is 4. The minimum absolute atomic E-state index is 0.0394. The fourth-order valence-electron chi connectivity index (χ4n) is 2.47. The highest BCUT2D eigenvalue weighted by Gasteiger charge is 2.25. The predicted molar refractivity (Wildman–Crippen MR) is 101 cm³/mol. The monoisotopic (exact) mass is 377 g/mol. The maximum absolute atomic E-state index is 12.5. The third-order valence-corrected chi connectivity index (χ3v) is 3.98. The average molecular weight is 377 g/mol. The van der Waals surface area contributed by atoms with E-state index in [0.717, 1.165) is 5.56 Å².